The third-order valence-electron chi connectivity index (χ3n) is 3.22. The Bertz CT molecular complexity index is 608. The van der Waals surface area contributed by atoms with Gasteiger partial charge in [-0.3, -0.25) is 14.2 Å². The zero-order chi connectivity index (χ0) is 13.4. The van der Waals surface area contributed by atoms with Crippen LogP contribution in [0.1, 0.15) is 27.4 Å². The summed E-state index contributed by atoms with van der Waals surface area (Å²) in [6.07, 6.45) is 1.65. The molecule has 0 atom stereocenters. The number of hydrogen-bond donors (Lipinski definition) is 1. The number of nitrogens with zero attached hydrogens (tertiary/aromatic N) is 4. The van der Waals surface area contributed by atoms with Crippen molar-refractivity contribution in [2.75, 3.05) is 5.32 Å². The first-order valence-electron chi connectivity index (χ1n) is 5.72. The Balaban J connectivity index is 2.30. The molecule has 18 heavy (non-hydrogen) atoms. The SMILES string of the molecule is Cc1nn(C)c(C)c1C(=O)Nc1cnn(C)c1C. The van der Waals surface area contributed by atoms with Crippen LogP contribution in [0.15, 0.2) is 6.20 Å². The molecule has 1 N–H and O–H groups in total. The number of anilines is 1. The molecule has 0 radical (unpaired) electrons. The fourth-order valence-electron chi connectivity index (χ4n) is 1.91. The summed E-state index contributed by atoms with van der Waals surface area (Å²) >= 11 is 0. The van der Waals surface area contributed by atoms with E-state index in [1.54, 1.807) is 15.6 Å². The van der Waals surface area contributed by atoms with E-state index < -0.39 is 0 Å². The molecule has 0 aliphatic carbocycles. The zero-order valence-corrected chi connectivity index (χ0v) is 11.3. The van der Waals surface area contributed by atoms with Crippen LogP contribution in [0.5, 0.6) is 0 Å². The maximum Gasteiger partial charge on any atom is 0.259 e. The standard InChI is InChI=1S/C12H17N5O/c1-7-11(9(3)17(5)15-7)12(18)14-10-6-13-16(4)8(10)2/h6H,1-5H3,(H,14,18). The van der Waals surface area contributed by atoms with Crippen molar-refractivity contribution in [3.8, 4) is 0 Å². The van der Waals surface area contributed by atoms with Gasteiger partial charge < -0.3 is 5.32 Å². The Hall–Kier alpha value is -2.11. The molecule has 0 aromatic carbocycles. The number of aromatic nitrogens is 4. The Morgan fingerprint density at radius 3 is 2.28 bits per heavy atom. The summed E-state index contributed by atoms with van der Waals surface area (Å²) in [4.78, 5) is 12.2. The minimum Gasteiger partial charge on any atom is -0.319 e. The Morgan fingerprint density at radius 2 is 1.83 bits per heavy atom. The zero-order valence-electron chi connectivity index (χ0n) is 11.3. The van der Waals surface area contributed by atoms with E-state index in [0.29, 0.717) is 5.56 Å². The summed E-state index contributed by atoms with van der Waals surface area (Å²) in [5, 5.41) is 11.2. The Labute approximate surface area is 106 Å². The molecule has 0 aliphatic rings. The lowest BCUT2D eigenvalue weighted by Crippen LogP contribution is -2.14. The van der Waals surface area contributed by atoms with Gasteiger partial charge in [0, 0.05) is 19.8 Å². The molecule has 6 heteroatoms. The molecule has 2 aromatic rings. The largest absolute Gasteiger partial charge is 0.319 e. The van der Waals surface area contributed by atoms with Crippen molar-refractivity contribution >= 4 is 11.6 Å². The fraction of sp³-hybridized carbons (Fsp3) is 0.417. The normalized spacial score (nSPS) is 10.7. The van der Waals surface area contributed by atoms with E-state index in [1.165, 1.54) is 0 Å². The van der Waals surface area contributed by atoms with E-state index in [-0.39, 0.29) is 5.91 Å². The van der Waals surface area contributed by atoms with E-state index in [4.69, 9.17) is 0 Å². The molecule has 6 nitrogen and oxygen atoms in total. The average molecular weight is 247 g/mol. The second kappa shape index (κ2) is 4.29. The van der Waals surface area contributed by atoms with Crippen LogP contribution in [-0.2, 0) is 14.1 Å². The van der Waals surface area contributed by atoms with Gasteiger partial charge in [-0.1, -0.05) is 0 Å². The third-order valence-corrected chi connectivity index (χ3v) is 3.22. The molecule has 96 valence electrons. The maximum absolute atomic E-state index is 12.2. The van der Waals surface area contributed by atoms with Crippen LogP contribution in [0.4, 0.5) is 5.69 Å². The molecule has 0 fully saturated rings. The summed E-state index contributed by atoms with van der Waals surface area (Å²) in [5.41, 5.74) is 3.86. The molecule has 2 rings (SSSR count). The number of rotatable bonds is 2. The van der Waals surface area contributed by atoms with Crippen molar-refractivity contribution < 1.29 is 4.79 Å². The fourth-order valence-corrected chi connectivity index (χ4v) is 1.91. The summed E-state index contributed by atoms with van der Waals surface area (Å²) in [5.74, 6) is -0.144. The minimum atomic E-state index is -0.144. The van der Waals surface area contributed by atoms with E-state index in [9.17, 15) is 4.79 Å². The number of nitrogens with one attached hydrogen (secondary N) is 1. The average Bonchev–Trinajstić information content (AvgIpc) is 2.73. The van der Waals surface area contributed by atoms with E-state index >= 15 is 0 Å². The first-order valence-corrected chi connectivity index (χ1v) is 5.72. The predicted octanol–water partition coefficient (Wildman–Crippen LogP) is 1.33. The highest BCUT2D eigenvalue weighted by atomic mass is 16.1. The highest BCUT2D eigenvalue weighted by Crippen LogP contribution is 2.17. The molecule has 0 unspecified atom stereocenters. The van der Waals surface area contributed by atoms with Crippen LogP contribution < -0.4 is 5.32 Å². The van der Waals surface area contributed by atoms with Gasteiger partial charge in [-0.05, 0) is 20.8 Å². The van der Waals surface area contributed by atoms with Crippen LogP contribution >= 0.6 is 0 Å². The number of amides is 1. The number of carbonyl (C=O) groups is 1. The van der Waals surface area contributed by atoms with Crippen molar-refractivity contribution in [1.82, 2.24) is 19.6 Å². The van der Waals surface area contributed by atoms with Gasteiger partial charge in [0.05, 0.1) is 28.8 Å². The second-order valence-electron chi connectivity index (χ2n) is 4.39. The van der Waals surface area contributed by atoms with Crippen molar-refractivity contribution in [1.29, 1.82) is 0 Å². The monoisotopic (exact) mass is 247 g/mol. The molecule has 2 heterocycles. The van der Waals surface area contributed by atoms with Crippen LogP contribution in [0.3, 0.4) is 0 Å². The lowest BCUT2D eigenvalue weighted by atomic mass is 10.2. The molecule has 0 spiro atoms. The molecular formula is C12H17N5O. The lowest BCUT2D eigenvalue weighted by Gasteiger charge is -2.05. The first-order chi connectivity index (χ1) is 8.41. The summed E-state index contributed by atoms with van der Waals surface area (Å²) < 4.78 is 3.43. The molecule has 0 saturated carbocycles. The van der Waals surface area contributed by atoms with Crippen molar-refractivity contribution in [3.63, 3.8) is 0 Å². The lowest BCUT2D eigenvalue weighted by molar-refractivity contribution is 0.102. The smallest absolute Gasteiger partial charge is 0.259 e. The van der Waals surface area contributed by atoms with Gasteiger partial charge >= 0.3 is 0 Å². The van der Waals surface area contributed by atoms with Crippen LogP contribution in [0.2, 0.25) is 0 Å². The summed E-state index contributed by atoms with van der Waals surface area (Å²) in [6, 6.07) is 0. The molecule has 2 aromatic heterocycles. The molecule has 1 amide bonds. The third kappa shape index (κ3) is 1.90. The van der Waals surface area contributed by atoms with Gasteiger partial charge in [0.1, 0.15) is 0 Å². The van der Waals surface area contributed by atoms with Gasteiger partial charge in [0.2, 0.25) is 0 Å². The molecule has 0 aliphatic heterocycles. The van der Waals surface area contributed by atoms with Gasteiger partial charge in [-0.2, -0.15) is 10.2 Å². The van der Waals surface area contributed by atoms with E-state index in [1.807, 2.05) is 34.9 Å². The molecular weight excluding hydrogens is 230 g/mol. The van der Waals surface area contributed by atoms with Gasteiger partial charge in [0.15, 0.2) is 0 Å². The Kier molecular flexibility index (Phi) is 2.94. The topological polar surface area (TPSA) is 64.7 Å². The minimum absolute atomic E-state index is 0.144. The van der Waals surface area contributed by atoms with Crippen molar-refractivity contribution in [3.05, 3.63) is 28.8 Å². The first kappa shape index (κ1) is 12.3. The second-order valence-corrected chi connectivity index (χ2v) is 4.39. The van der Waals surface area contributed by atoms with Crippen LogP contribution in [0, 0.1) is 20.8 Å². The quantitative estimate of drug-likeness (QED) is 0.870. The highest BCUT2D eigenvalue weighted by Gasteiger charge is 2.18. The number of carbonyl (C=O) groups excluding carboxylic acids is 1. The van der Waals surface area contributed by atoms with Gasteiger partial charge in [-0.15, -0.1) is 0 Å². The maximum atomic E-state index is 12.2. The Morgan fingerprint density at radius 1 is 1.17 bits per heavy atom. The van der Waals surface area contributed by atoms with Crippen LogP contribution in [0.25, 0.3) is 0 Å². The van der Waals surface area contributed by atoms with E-state index in [0.717, 1.165) is 22.8 Å². The number of hydrogen-bond acceptors (Lipinski definition) is 3. The van der Waals surface area contributed by atoms with Gasteiger partial charge in [-0.25, -0.2) is 0 Å². The highest BCUT2D eigenvalue weighted by molar-refractivity contribution is 6.06. The van der Waals surface area contributed by atoms with E-state index in [2.05, 4.69) is 15.5 Å². The summed E-state index contributed by atoms with van der Waals surface area (Å²) in [7, 11) is 3.67. The van der Waals surface area contributed by atoms with Crippen LogP contribution in [-0.4, -0.2) is 25.5 Å². The summed E-state index contributed by atoms with van der Waals surface area (Å²) in [6.45, 7) is 5.62. The van der Waals surface area contributed by atoms with Crippen molar-refractivity contribution in [2.45, 2.75) is 20.8 Å². The van der Waals surface area contributed by atoms with Crippen molar-refractivity contribution in [2.24, 2.45) is 14.1 Å². The predicted molar refractivity (Wildman–Crippen MR) is 68.6 cm³/mol. The molecule has 0 saturated heterocycles. The van der Waals surface area contributed by atoms with Gasteiger partial charge in [0.25, 0.3) is 5.91 Å². The number of aryl methyl sites for hydroxylation is 3. The molecule has 0 bridgehead atoms.